The normalized spacial score (nSPS) is 14.4. The SMILES string of the molecule is CCNC(C)(CCn1ccc(C)n1)C(=O)OC. The summed E-state index contributed by atoms with van der Waals surface area (Å²) in [6, 6.07) is 1.95. The molecule has 0 saturated carbocycles. The first-order valence-corrected chi connectivity index (χ1v) is 5.85. The summed E-state index contributed by atoms with van der Waals surface area (Å²) in [4.78, 5) is 11.7. The molecule has 1 aromatic rings. The molecule has 1 heterocycles. The molecule has 1 unspecified atom stereocenters. The second kappa shape index (κ2) is 5.82. The molecular formula is C12H21N3O2. The lowest BCUT2D eigenvalue weighted by Gasteiger charge is -2.27. The van der Waals surface area contributed by atoms with Crippen molar-refractivity contribution in [3.63, 3.8) is 0 Å². The zero-order valence-electron chi connectivity index (χ0n) is 11.0. The minimum Gasteiger partial charge on any atom is -0.468 e. The van der Waals surface area contributed by atoms with E-state index in [1.54, 1.807) is 0 Å². The molecule has 0 bridgehead atoms. The van der Waals surface area contributed by atoms with E-state index in [1.165, 1.54) is 7.11 Å². The number of hydrogen-bond donors (Lipinski definition) is 1. The van der Waals surface area contributed by atoms with E-state index in [-0.39, 0.29) is 5.97 Å². The van der Waals surface area contributed by atoms with Crippen LogP contribution in [0, 0.1) is 6.92 Å². The molecule has 0 radical (unpaired) electrons. The van der Waals surface area contributed by atoms with Gasteiger partial charge in [0.15, 0.2) is 0 Å². The predicted molar refractivity (Wildman–Crippen MR) is 65.7 cm³/mol. The Bertz CT molecular complexity index is 376. The molecule has 1 N–H and O–H groups in total. The fourth-order valence-electron chi connectivity index (χ4n) is 1.80. The van der Waals surface area contributed by atoms with Gasteiger partial charge in [-0.3, -0.25) is 9.48 Å². The molecule has 17 heavy (non-hydrogen) atoms. The van der Waals surface area contributed by atoms with Crippen LogP contribution in [0.25, 0.3) is 0 Å². The zero-order chi connectivity index (χ0) is 12.9. The summed E-state index contributed by atoms with van der Waals surface area (Å²) in [6.45, 7) is 7.19. The maximum Gasteiger partial charge on any atom is 0.325 e. The molecule has 0 saturated heterocycles. The molecule has 0 spiro atoms. The summed E-state index contributed by atoms with van der Waals surface area (Å²) < 4.78 is 6.67. The Balaban J connectivity index is 2.64. The number of ether oxygens (including phenoxy) is 1. The molecule has 0 aliphatic rings. The molecule has 5 nitrogen and oxygen atoms in total. The zero-order valence-corrected chi connectivity index (χ0v) is 11.0. The predicted octanol–water partition coefficient (Wildman–Crippen LogP) is 1.12. The summed E-state index contributed by atoms with van der Waals surface area (Å²) in [5.74, 6) is -0.233. The van der Waals surface area contributed by atoms with Gasteiger partial charge in [0, 0.05) is 12.7 Å². The fraction of sp³-hybridized carbons (Fsp3) is 0.667. The number of aryl methyl sites for hydroxylation is 2. The number of likely N-dealkylation sites (N-methyl/N-ethyl adjacent to an activating group) is 1. The Kier molecular flexibility index (Phi) is 4.69. The molecule has 5 heteroatoms. The van der Waals surface area contributed by atoms with Crippen molar-refractivity contribution in [3.05, 3.63) is 18.0 Å². The topological polar surface area (TPSA) is 56.2 Å². The van der Waals surface area contributed by atoms with E-state index >= 15 is 0 Å². The Morgan fingerprint density at radius 3 is 2.82 bits per heavy atom. The van der Waals surface area contributed by atoms with Crippen LogP contribution in [0.2, 0.25) is 0 Å². The highest BCUT2D eigenvalue weighted by atomic mass is 16.5. The summed E-state index contributed by atoms with van der Waals surface area (Å²) >= 11 is 0. The number of methoxy groups -OCH3 is 1. The van der Waals surface area contributed by atoms with Gasteiger partial charge in [-0.15, -0.1) is 0 Å². The maximum absolute atomic E-state index is 11.7. The highest BCUT2D eigenvalue weighted by Gasteiger charge is 2.32. The summed E-state index contributed by atoms with van der Waals surface area (Å²) in [7, 11) is 1.41. The molecule has 96 valence electrons. The van der Waals surface area contributed by atoms with Crippen molar-refractivity contribution in [2.24, 2.45) is 0 Å². The van der Waals surface area contributed by atoms with E-state index < -0.39 is 5.54 Å². The lowest BCUT2D eigenvalue weighted by Crippen LogP contribution is -2.50. The van der Waals surface area contributed by atoms with Crippen molar-refractivity contribution in [2.45, 2.75) is 39.3 Å². The first-order valence-electron chi connectivity index (χ1n) is 5.85. The summed E-state index contributed by atoms with van der Waals surface area (Å²) in [6.07, 6.45) is 2.56. The monoisotopic (exact) mass is 239 g/mol. The van der Waals surface area contributed by atoms with Crippen LogP contribution in [0.4, 0.5) is 0 Å². The van der Waals surface area contributed by atoms with Crippen LogP contribution in [-0.4, -0.2) is 34.9 Å². The second-order valence-corrected chi connectivity index (χ2v) is 4.32. The van der Waals surface area contributed by atoms with Crippen LogP contribution >= 0.6 is 0 Å². The Morgan fingerprint density at radius 1 is 1.65 bits per heavy atom. The van der Waals surface area contributed by atoms with E-state index in [2.05, 4.69) is 10.4 Å². The van der Waals surface area contributed by atoms with E-state index in [0.717, 1.165) is 12.2 Å². The van der Waals surface area contributed by atoms with Crippen LogP contribution < -0.4 is 5.32 Å². The third-order valence-electron chi connectivity index (χ3n) is 2.82. The van der Waals surface area contributed by atoms with Crippen molar-refractivity contribution in [1.82, 2.24) is 15.1 Å². The highest BCUT2D eigenvalue weighted by molar-refractivity contribution is 5.80. The third-order valence-corrected chi connectivity index (χ3v) is 2.82. The number of carbonyl (C=O) groups excluding carboxylic acids is 1. The Labute approximate surface area is 102 Å². The first kappa shape index (κ1) is 13.7. The van der Waals surface area contributed by atoms with Crippen LogP contribution in [0.3, 0.4) is 0 Å². The van der Waals surface area contributed by atoms with E-state index in [1.807, 2.05) is 37.7 Å². The Morgan fingerprint density at radius 2 is 2.35 bits per heavy atom. The number of esters is 1. The fourth-order valence-corrected chi connectivity index (χ4v) is 1.80. The minimum atomic E-state index is -0.649. The molecule has 1 rings (SSSR count). The number of nitrogens with zero attached hydrogens (tertiary/aromatic N) is 2. The van der Waals surface area contributed by atoms with Crippen molar-refractivity contribution in [3.8, 4) is 0 Å². The van der Waals surface area contributed by atoms with E-state index in [9.17, 15) is 4.79 Å². The van der Waals surface area contributed by atoms with Crippen LogP contribution in [-0.2, 0) is 16.1 Å². The molecule has 0 fully saturated rings. The van der Waals surface area contributed by atoms with Gasteiger partial charge in [0.1, 0.15) is 5.54 Å². The van der Waals surface area contributed by atoms with Gasteiger partial charge in [-0.1, -0.05) is 6.92 Å². The maximum atomic E-state index is 11.7. The standard InChI is InChI=1S/C12H21N3O2/c1-5-13-12(3,11(16)17-4)7-9-15-8-6-10(2)14-15/h6,8,13H,5,7,9H2,1-4H3. The van der Waals surface area contributed by atoms with Gasteiger partial charge < -0.3 is 10.1 Å². The van der Waals surface area contributed by atoms with E-state index in [4.69, 9.17) is 4.74 Å². The molecule has 1 aromatic heterocycles. The number of carbonyl (C=O) groups is 1. The van der Waals surface area contributed by atoms with Gasteiger partial charge in [0.05, 0.1) is 12.8 Å². The van der Waals surface area contributed by atoms with Crippen molar-refractivity contribution in [1.29, 1.82) is 0 Å². The quantitative estimate of drug-likeness (QED) is 0.756. The number of aromatic nitrogens is 2. The molecule has 0 aliphatic heterocycles. The molecular weight excluding hydrogens is 218 g/mol. The smallest absolute Gasteiger partial charge is 0.325 e. The second-order valence-electron chi connectivity index (χ2n) is 4.32. The Hall–Kier alpha value is -1.36. The van der Waals surface area contributed by atoms with Gasteiger partial charge in [0.2, 0.25) is 0 Å². The van der Waals surface area contributed by atoms with Gasteiger partial charge in [0.25, 0.3) is 0 Å². The number of hydrogen-bond acceptors (Lipinski definition) is 4. The minimum absolute atomic E-state index is 0.233. The average Bonchev–Trinajstić information content (AvgIpc) is 2.72. The van der Waals surface area contributed by atoms with Crippen LogP contribution in [0.5, 0.6) is 0 Å². The summed E-state index contributed by atoms with van der Waals surface area (Å²) in [5.41, 5.74) is 0.330. The van der Waals surface area contributed by atoms with Gasteiger partial charge >= 0.3 is 5.97 Å². The van der Waals surface area contributed by atoms with Crippen molar-refractivity contribution >= 4 is 5.97 Å². The largest absolute Gasteiger partial charge is 0.468 e. The van der Waals surface area contributed by atoms with Crippen molar-refractivity contribution in [2.75, 3.05) is 13.7 Å². The molecule has 1 atom stereocenters. The lowest BCUT2D eigenvalue weighted by atomic mass is 9.98. The number of nitrogens with one attached hydrogen (secondary N) is 1. The van der Waals surface area contributed by atoms with Crippen LogP contribution in [0.1, 0.15) is 26.0 Å². The molecule has 0 aliphatic carbocycles. The molecule has 0 aromatic carbocycles. The highest BCUT2D eigenvalue weighted by Crippen LogP contribution is 2.13. The third kappa shape index (κ3) is 3.56. The first-order chi connectivity index (χ1) is 8.01. The average molecular weight is 239 g/mol. The van der Waals surface area contributed by atoms with Crippen LogP contribution in [0.15, 0.2) is 12.3 Å². The summed E-state index contributed by atoms with van der Waals surface area (Å²) in [5, 5.41) is 7.47. The lowest BCUT2D eigenvalue weighted by molar-refractivity contribution is -0.148. The van der Waals surface area contributed by atoms with Crippen molar-refractivity contribution < 1.29 is 9.53 Å². The van der Waals surface area contributed by atoms with E-state index in [0.29, 0.717) is 13.0 Å². The van der Waals surface area contributed by atoms with Gasteiger partial charge in [-0.05, 0) is 32.9 Å². The number of rotatable bonds is 6. The van der Waals surface area contributed by atoms with Gasteiger partial charge in [-0.2, -0.15) is 5.10 Å². The van der Waals surface area contributed by atoms with Gasteiger partial charge in [-0.25, -0.2) is 0 Å². The molecule has 0 amide bonds.